The predicted octanol–water partition coefficient (Wildman–Crippen LogP) is 6.86. The lowest BCUT2D eigenvalue weighted by Crippen LogP contribution is -2.38. The predicted molar refractivity (Wildman–Crippen MR) is 123 cm³/mol. The number of aliphatic hydroxyl groups is 2. The molecule has 0 saturated heterocycles. The van der Waals surface area contributed by atoms with Crippen molar-refractivity contribution in [1.82, 2.24) is 0 Å². The molecular weight excluding hydrogens is 376 g/mol. The lowest BCUT2D eigenvalue weighted by Gasteiger charge is -2.36. The number of aliphatic hydroxyl groups excluding tert-OH is 2. The third kappa shape index (κ3) is 6.32. The molecule has 0 heterocycles. The van der Waals surface area contributed by atoms with Gasteiger partial charge in [-0.05, 0) is 73.6 Å². The molecule has 0 aromatic rings. The summed E-state index contributed by atoms with van der Waals surface area (Å²) in [5, 5.41) is 22.3. The summed E-state index contributed by atoms with van der Waals surface area (Å²) in [4.78, 5) is 24.8. The molecule has 166 valence electrons. The van der Waals surface area contributed by atoms with Crippen LogP contribution in [0.5, 0.6) is 0 Å². The Labute approximate surface area is 181 Å². The number of rotatable bonds is 10. The number of hydrogen-bond acceptors (Lipinski definition) is 4. The van der Waals surface area contributed by atoms with E-state index in [4.69, 9.17) is 0 Å². The van der Waals surface area contributed by atoms with E-state index < -0.39 is 5.41 Å². The van der Waals surface area contributed by atoms with Crippen molar-refractivity contribution in [1.29, 1.82) is 0 Å². The summed E-state index contributed by atoms with van der Waals surface area (Å²) < 4.78 is 0. The number of Topliss-reactive ketones (excluding diaryl/α,β-unsaturated/α-hetero) is 1. The summed E-state index contributed by atoms with van der Waals surface area (Å²) in [7, 11) is 0. The Morgan fingerprint density at radius 1 is 0.900 bits per heavy atom. The molecule has 1 atom stereocenters. The summed E-state index contributed by atoms with van der Waals surface area (Å²) in [6.07, 6.45) is 8.61. The van der Waals surface area contributed by atoms with Gasteiger partial charge in [0.05, 0.1) is 5.41 Å². The molecule has 1 aliphatic rings. The zero-order chi connectivity index (χ0) is 23.1. The lowest BCUT2D eigenvalue weighted by molar-refractivity contribution is -0.125. The third-order valence-corrected chi connectivity index (χ3v) is 5.53. The number of carbonyl (C=O) groups excluding carboxylic acids is 2. The van der Waals surface area contributed by atoms with E-state index in [0.717, 1.165) is 23.0 Å². The second kappa shape index (κ2) is 11.1. The highest BCUT2D eigenvalue weighted by Crippen LogP contribution is 2.47. The second-order valence-corrected chi connectivity index (χ2v) is 9.17. The highest BCUT2D eigenvalue weighted by atomic mass is 16.3. The number of aldehydes is 1. The zero-order valence-electron chi connectivity index (χ0n) is 19.6. The quantitative estimate of drug-likeness (QED) is 0.302. The maximum Gasteiger partial charge on any atom is 0.176 e. The number of allylic oxidation sites excluding steroid dienone is 9. The minimum Gasteiger partial charge on any atom is -0.511 e. The Bertz CT molecular complexity index is 786. The number of hydrogen-bond donors (Lipinski definition) is 2. The largest absolute Gasteiger partial charge is 0.511 e. The van der Waals surface area contributed by atoms with Crippen LogP contribution in [0.3, 0.4) is 0 Å². The molecule has 0 amide bonds. The van der Waals surface area contributed by atoms with Gasteiger partial charge in [0.1, 0.15) is 17.8 Å². The highest BCUT2D eigenvalue weighted by molar-refractivity contribution is 6.04. The molecule has 0 spiro atoms. The molecular formula is C26H38O4. The Kier molecular flexibility index (Phi) is 9.54. The van der Waals surface area contributed by atoms with E-state index >= 15 is 0 Å². The second-order valence-electron chi connectivity index (χ2n) is 9.17. The molecule has 1 rings (SSSR count). The molecule has 0 aromatic heterocycles. The molecule has 0 saturated carbocycles. The van der Waals surface area contributed by atoms with Gasteiger partial charge < -0.3 is 15.0 Å². The molecule has 4 nitrogen and oxygen atoms in total. The smallest absolute Gasteiger partial charge is 0.176 e. The Morgan fingerprint density at radius 3 is 1.83 bits per heavy atom. The molecule has 30 heavy (non-hydrogen) atoms. The first-order chi connectivity index (χ1) is 14.0. The van der Waals surface area contributed by atoms with Gasteiger partial charge in [-0.2, -0.15) is 0 Å². The van der Waals surface area contributed by atoms with Crippen molar-refractivity contribution in [3.05, 3.63) is 57.6 Å². The SMILES string of the molecule is CC(C)=CCC1=C(O)C(CC=C(C)C)(CC=C(C)C)C(=O)C(CCC(C)C=O)=C1O. The summed E-state index contributed by atoms with van der Waals surface area (Å²) in [5.74, 6) is -0.613. The van der Waals surface area contributed by atoms with Crippen LogP contribution >= 0.6 is 0 Å². The van der Waals surface area contributed by atoms with E-state index in [-0.39, 0.29) is 23.2 Å². The van der Waals surface area contributed by atoms with Crippen LogP contribution in [0.25, 0.3) is 0 Å². The fourth-order valence-electron chi connectivity index (χ4n) is 3.48. The average Bonchev–Trinajstić information content (AvgIpc) is 2.66. The lowest BCUT2D eigenvalue weighted by atomic mass is 9.66. The normalized spacial score (nSPS) is 16.8. The first-order valence-electron chi connectivity index (χ1n) is 10.7. The van der Waals surface area contributed by atoms with E-state index in [2.05, 4.69) is 0 Å². The van der Waals surface area contributed by atoms with Gasteiger partial charge in [0, 0.05) is 17.1 Å². The van der Waals surface area contributed by atoms with Crippen LogP contribution in [-0.4, -0.2) is 22.3 Å². The van der Waals surface area contributed by atoms with Crippen molar-refractivity contribution in [3.63, 3.8) is 0 Å². The van der Waals surface area contributed by atoms with Crippen LogP contribution in [0, 0.1) is 11.3 Å². The van der Waals surface area contributed by atoms with Crippen LogP contribution in [0.1, 0.15) is 80.6 Å². The molecule has 4 heteroatoms. The molecule has 2 N–H and O–H groups in total. The fraction of sp³-hybridized carbons (Fsp3) is 0.538. The van der Waals surface area contributed by atoms with E-state index in [1.165, 1.54) is 0 Å². The van der Waals surface area contributed by atoms with Gasteiger partial charge in [0.25, 0.3) is 0 Å². The maximum absolute atomic E-state index is 13.7. The van der Waals surface area contributed by atoms with Gasteiger partial charge in [-0.15, -0.1) is 0 Å². The monoisotopic (exact) mass is 414 g/mol. The van der Waals surface area contributed by atoms with Gasteiger partial charge in [0.15, 0.2) is 5.78 Å². The number of ketones is 1. The number of carbonyl (C=O) groups is 2. The van der Waals surface area contributed by atoms with Gasteiger partial charge >= 0.3 is 0 Å². The van der Waals surface area contributed by atoms with Crippen LogP contribution in [0.15, 0.2) is 57.6 Å². The summed E-state index contributed by atoms with van der Waals surface area (Å²) >= 11 is 0. The third-order valence-electron chi connectivity index (χ3n) is 5.53. The minimum atomic E-state index is -1.13. The molecule has 1 unspecified atom stereocenters. The Morgan fingerprint density at radius 2 is 1.40 bits per heavy atom. The summed E-state index contributed by atoms with van der Waals surface area (Å²) in [5.41, 5.74) is 2.79. The standard InChI is InChI=1S/C26H38O4/c1-17(2)8-10-21-23(28)22(11-9-20(7)16-27)25(30)26(24(21)29,14-12-18(3)4)15-13-19(5)6/h8,12-13,16,20,28-29H,9-11,14-15H2,1-7H3. The topological polar surface area (TPSA) is 74.6 Å². The molecule has 0 aliphatic heterocycles. The fourth-order valence-corrected chi connectivity index (χ4v) is 3.48. The van der Waals surface area contributed by atoms with Gasteiger partial charge in [0.2, 0.25) is 0 Å². The Balaban J connectivity index is 3.68. The molecule has 0 radical (unpaired) electrons. The van der Waals surface area contributed by atoms with E-state index in [1.807, 2.05) is 59.8 Å². The van der Waals surface area contributed by atoms with Gasteiger partial charge in [-0.1, -0.05) is 41.9 Å². The van der Waals surface area contributed by atoms with Gasteiger partial charge in [-0.25, -0.2) is 0 Å². The van der Waals surface area contributed by atoms with Crippen molar-refractivity contribution < 1.29 is 19.8 Å². The molecule has 0 aromatic carbocycles. The molecule has 0 fully saturated rings. The first kappa shape index (κ1) is 25.7. The van der Waals surface area contributed by atoms with Crippen LogP contribution in [0.4, 0.5) is 0 Å². The van der Waals surface area contributed by atoms with Crippen LogP contribution < -0.4 is 0 Å². The zero-order valence-corrected chi connectivity index (χ0v) is 19.6. The van der Waals surface area contributed by atoms with Gasteiger partial charge in [-0.3, -0.25) is 4.79 Å². The molecule has 1 aliphatic carbocycles. The first-order valence-corrected chi connectivity index (χ1v) is 10.7. The van der Waals surface area contributed by atoms with E-state index in [1.54, 1.807) is 6.92 Å². The van der Waals surface area contributed by atoms with Crippen molar-refractivity contribution in [2.45, 2.75) is 80.6 Å². The van der Waals surface area contributed by atoms with E-state index in [9.17, 15) is 19.8 Å². The van der Waals surface area contributed by atoms with Crippen molar-refractivity contribution >= 4 is 12.1 Å². The van der Waals surface area contributed by atoms with E-state index in [0.29, 0.717) is 43.3 Å². The highest BCUT2D eigenvalue weighted by Gasteiger charge is 2.48. The minimum absolute atomic E-state index is 0.0373. The summed E-state index contributed by atoms with van der Waals surface area (Å²) in [6.45, 7) is 13.6. The van der Waals surface area contributed by atoms with Crippen molar-refractivity contribution in [2.24, 2.45) is 11.3 Å². The van der Waals surface area contributed by atoms with Crippen molar-refractivity contribution in [2.75, 3.05) is 0 Å². The Hall–Kier alpha value is -2.36. The molecule has 0 bridgehead atoms. The van der Waals surface area contributed by atoms with Crippen LogP contribution in [0.2, 0.25) is 0 Å². The van der Waals surface area contributed by atoms with Crippen molar-refractivity contribution in [3.8, 4) is 0 Å². The van der Waals surface area contributed by atoms with Crippen LogP contribution in [-0.2, 0) is 9.59 Å². The average molecular weight is 415 g/mol. The maximum atomic E-state index is 13.7. The summed E-state index contributed by atoms with van der Waals surface area (Å²) in [6, 6.07) is 0.